The molecule has 0 aliphatic heterocycles. The van der Waals surface area contributed by atoms with E-state index in [4.69, 9.17) is 21.1 Å². The summed E-state index contributed by atoms with van der Waals surface area (Å²) in [5, 5.41) is 0.646. The van der Waals surface area contributed by atoms with Crippen LogP contribution >= 0.6 is 11.6 Å². The van der Waals surface area contributed by atoms with Crippen molar-refractivity contribution in [2.75, 3.05) is 13.7 Å². The Kier molecular flexibility index (Phi) is 8.35. The Hall–Kier alpha value is -2.30. The highest BCUT2D eigenvalue weighted by Gasteiger charge is 2.25. The van der Waals surface area contributed by atoms with Crippen molar-refractivity contribution >= 4 is 23.6 Å². The maximum atomic E-state index is 13.1. The predicted molar refractivity (Wildman–Crippen MR) is 122 cm³/mol. The Balaban J connectivity index is 1.69. The van der Waals surface area contributed by atoms with Crippen LogP contribution in [-0.2, 0) is 16.1 Å². The van der Waals surface area contributed by atoms with E-state index in [0.717, 1.165) is 29.7 Å². The maximum absolute atomic E-state index is 13.1. The SMILES string of the molecule is COCC(C)Oc1ccc(CN(C(=O)C=Cc2ccccc2Cl)C2CCCC2)cc1. The Bertz CT molecular complexity index is 844. The van der Waals surface area contributed by atoms with Crippen LogP contribution in [0.5, 0.6) is 5.75 Å². The maximum Gasteiger partial charge on any atom is 0.247 e. The molecule has 1 aliphatic carbocycles. The first kappa shape index (κ1) is 22.4. The number of ether oxygens (including phenoxy) is 2. The highest BCUT2D eigenvalue weighted by Crippen LogP contribution is 2.26. The van der Waals surface area contributed by atoms with Crippen molar-refractivity contribution in [3.05, 3.63) is 70.8 Å². The van der Waals surface area contributed by atoms with E-state index in [1.54, 1.807) is 19.3 Å². The summed E-state index contributed by atoms with van der Waals surface area (Å²) in [6.45, 7) is 3.11. The third-order valence-corrected chi connectivity index (χ3v) is 5.72. The summed E-state index contributed by atoms with van der Waals surface area (Å²) in [6, 6.07) is 15.8. The molecule has 1 atom stereocenters. The number of carbonyl (C=O) groups is 1. The Morgan fingerprint density at radius 3 is 2.53 bits per heavy atom. The van der Waals surface area contributed by atoms with Crippen molar-refractivity contribution in [2.45, 2.75) is 51.3 Å². The summed E-state index contributed by atoms with van der Waals surface area (Å²) < 4.78 is 10.9. The third kappa shape index (κ3) is 6.35. The zero-order chi connectivity index (χ0) is 21.3. The van der Waals surface area contributed by atoms with Gasteiger partial charge in [0.25, 0.3) is 0 Å². The van der Waals surface area contributed by atoms with Gasteiger partial charge in [0.05, 0.1) is 6.61 Å². The molecule has 5 heteroatoms. The minimum atomic E-state index is -0.00707. The zero-order valence-corrected chi connectivity index (χ0v) is 18.5. The summed E-state index contributed by atoms with van der Waals surface area (Å²) in [6.07, 6.45) is 7.90. The second-order valence-corrected chi connectivity index (χ2v) is 8.19. The second-order valence-electron chi connectivity index (χ2n) is 7.79. The van der Waals surface area contributed by atoms with Gasteiger partial charge in [-0.3, -0.25) is 4.79 Å². The fraction of sp³-hybridized carbons (Fsp3) is 0.400. The molecule has 4 nitrogen and oxygen atoms in total. The lowest BCUT2D eigenvalue weighted by Crippen LogP contribution is -2.37. The molecular formula is C25H30ClNO3. The van der Waals surface area contributed by atoms with E-state index in [1.807, 2.05) is 60.4 Å². The van der Waals surface area contributed by atoms with Gasteiger partial charge in [-0.1, -0.05) is 54.8 Å². The van der Waals surface area contributed by atoms with E-state index in [2.05, 4.69) is 0 Å². The highest BCUT2D eigenvalue weighted by molar-refractivity contribution is 6.32. The quantitative estimate of drug-likeness (QED) is 0.479. The van der Waals surface area contributed by atoms with Gasteiger partial charge in [0, 0.05) is 30.8 Å². The summed E-state index contributed by atoms with van der Waals surface area (Å²) >= 11 is 6.22. The molecule has 0 spiro atoms. The minimum Gasteiger partial charge on any atom is -0.488 e. The topological polar surface area (TPSA) is 38.8 Å². The normalized spacial score (nSPS) is 15.4. The summed E-state index contributed by atoms with van der Waals surface area (Å²) in [7, 11) is 1.66. The van der Waals surface area contributed by atoms with Crippen LogP contribution in [0.25, 0.3) is 6.08 Å². The molecule has 1 amide bonds. The number of benzene rings is 2. The third-order valence-electron chi connectivity index (χ3n) is 5.37. The first-order valence-electron chi connectivity index (χ1n) is 10.5. The number of halogens is 1. The number of methoxy groups -OCH3 is 1. The molecule has 3 rings (SSSR count). The molecule has 0 heterocycles. The molecule has 1 fully saturated rings. The van der Waals surface area contributed by atoms with Crippen LogP contribution in [0.3, 0.4) is 0 Å². The molecule has 0 radical (unpaired) electrons. The van der Waals surface area contributed by atoms with Crippen molar-refractivity contribution in [3.63, 3.8) is 0 Å². The van der Waals surface area contributed by atoms with Crippen molar-refractivity contribution < 1.29 is 14.3 Å². The van der Waals surface area contributed by atoms with Gasteiger partial charge < -0.3 is 14.4 Å². The summed E-state index contributed by atoms with van der Waals surface area (Å²) in [5.74, 6) is 0.830. The van der Waals surface area contributed by atoms with E-state index in [9.17, 15) is 4.79 Å². The average molecular weight is 428 g/mol. The van der Waals surface area contributed by atoms with Crippen molar-refractivity contribution in [3.8, 4) is 5.75 Å². The smallest absolute Gasteiger partial charge is 0.247 e. The van der Waals surface area contributed by atoms with Crippen molar-refractivity contribution in [2.24, 2.45) is 0 Å². The second kappa shape index (κ2) is 11.2. The van der Waals surface area contributed by atoms with E-state index in [1.165, 1.54) is 12.8 Å². The van der Waals surface area contributed by atoms with E-state index >= 15 is 0 Å². The Morgan fingerprint density at radius 2 is 1.87 bits per heavy atom. The summed E-state index contributed by atoms with van der Waals surface area (Å²) in [4.78, 5) is 15.1. The average Bonchev–Trinajstić information content (AvgIpc) is 3.27. The largest absolute Gasteiger partial charge is 0.488 e. The molecule has 2 aromatic carbocycles. The lowest BCUT2D eigenvalue weighted by Gasteiger charge is -2.28. The minimum absolute atomic E-state index is 0.00707. The van der Waals surface area contributed by atoms with Gasteiger partial charge >= 0.3 is 0 Å². The zero-order valence-electron chi connectivity index (χ0n) is 17.7. The molecular weight excluding hydrogens is 398 g/mol. The molecule has 0 N–H and O–H groups in total. The van der Waals surface area contributed by atoms with Gasteiger partial charge in [-0.2, -0.15) is 0 Å². The summed E-state index contributed by atoms with van der Waals surface area (Å²) in [5.41, 5.74) is 1.94. The number of rotatable bonds is 9. The van der Waals surface area contributed by atoms with E-state index < -0.39 is 0 Å². The van der Waals surface area contributed by atoms with Crippen LogP contribution in [0.4, 0.5) is 0 Å². The first-order chi connectivity index (χ1) is 14.6. The number of hydrogen-bond acceptors (Lipinski definition) is 3. The molecule has 0 saturated heterocycles. The fourth-order valence-electron chi connectivity index (χ4n) is 3.84. The van der Waals surface area contributed by atoms with Crippen molar-refractivity contribution in [1.82, 2.24) is 4.90 Å². The van der Waals surface area contributed by atoms with Gasteiger partial charge in [-0.15, -0.1) is 0 Å². The molecule has 0 aromatic heterocycles. The number of hydrogen-bond donors (Lipinski definition) is 0. The number of nitrogens with zero attached hydrogens (tertiary/aromatic N) is 1. The van der Waals surface area contributed by atoms with Gasteiger partial charge in [-0.25, -0.2) is 0 Å². The lowest BCUT2D eigenvalue weighted by molar-refractivity contribution is -0.128. The number of carbonyl (C=O) groups excluding carboxylic acids is 1. The standard InChI is InChI=1S/C25H30ClNO3/c1-19(18-29-2)30-23-14-11-20(12-15-23)17-27(22-8-4-5-9-22)25(28)16-13-21-7-3-6-10-24(21)26/h3,6-7,10-16,19,22H,4-5,8-9,17-18H2,1-2H3. The van der Waals surface area contributed by atoms with Crippen LogP contribution in [0.2, 0.25) is 5.02 Å². The van der Waals surface area contributed by atoms with Gasteiger partial charge in [-0.05, 0) is 55.2 Å². The van der Waals surface area contributed by atoms with Crippen LogP contribution in [0.15, 0.2) is 54.6 Å². The molecule has 2 aromatic rings. The van der Waals surface area contributed by atoms with Gasteiger partial charge in [0.15, 0.2) is 0 Å². The fourth-order valence-corrected chi connectivity index (χ4v) is 4.04. The molecule has 30 heavy (non-hydrogen) atoms. The monoisotopic (exact) mass is 427 g/mol. The van der Waals surface area contributed by atoms with E-state index in [-0.39, 0.29) is 18.1 Å². The lowest BCUT2D eigenvalue weighted by atomic mass is 10.1. The predicted octanol–water partition coefficient (Wildman–Crippen LogP) is 5.74. The first-order valence-corrected chi connectivity index (χ1v) is 10.9. The molecule has 0 bridgehead atoms. The van der Waals surface area contributed by atoms with E-state index in [0.29, 0.717) is 18.2 Å². The van der Waals surface area contributed by atoms with Crippen LogP contribution < -0.4 is 4.74 Å². The van der Waals surface area contributed by atoms with Crippen LogP contribution in [-0.4, -0.2) is 36.7 Å². The number of amides is 1. The molecule has 1 saturated carbocycles. The molecule has 1 unspecified atom stereocenters. The van der Waals surface area contributed by atoms with Crippen molar-refractivity contribution in [1.29, 1.82) is 0 Å². The Labute approximate surface area is 184 Å². The molecule has 160 valence electrons. The Morgan fingerprint density at radius 1 is 1.17 bits per heavy atom. The van der Waals surface area contributed by atoms with Crippen LogP contribution in [0, 0.1) is 0 Å². The van der Waals surface area contributed by atoms with Gasteiger partial charge in [0.2, 0.25) is 5.91 Å². The highest BCUT2D eigenvalue weighted by atomic mass is 35.5. The van der Waals surface area contributed by atoms with Gasteiger partial charge in [0.1, 0.15) is 11.9 Å². The molecule has 1 aliphatic rings. The van der Waals surface area contributed by atoms with Crippen LogP contribution in [0.1, 0.15) is 43.7 Å².